The molecule has 5 rings (SSSR count). The Hall–Kier alpha value is -3.45. The van der Waals surface area contributed by atoms with Crippen molar-refractivity contribution in [3.05, 3.63) is 61.1 Å². The van der Waals surface area contributed by atoms with E-state index in [2.05, 4.69) is 15.3 Å². The van der Waals surface area contributed by atoms with Crippen molar-refractivity contribution >= 4 is 11.3 Å². The third-order valence-electron chi connectivity index (χ3n) is 4.17. The van der Waals surface area contributed by atoms with Gasteiger partial charge in [-0.25, -0.2) is 9.50 Å². The quantitative estimate of drug-likeness (QED) is 0.587. The second kappa shape index (κ2) is 5.29. The number of fused-ring (bicyclic) bond motifs is 2. The van der Waals surface area contributed by atoms with Crippen LogP contribution in [-0.4, -0.2) is 25.9 Å². The van der Waals surface area contributed by atoms with E-state index in [-0.39, 0.29) is 0 Å². The molecule has 0 spiro atoms. The molecular weight excluding hydrogens is 316 g/mol. The van der Waals surface area contributed by atoms with Gasteiger partial charge in [0, 0.05) is 23.5 Å². The largest absolute Gasteiger partial charge is 0.456 e. The number of pyridine rings is 1. The zero-order chi connectivity index (χ0) is 16.8. The van der Waals surface area contributed by atoms with Crippen molar-refractivity contribution in [2.45, 2.75) is 6.35 Å². The second-order valence-corrected chi connectivity index (χ2v) is 5.76. The Balaban J connectivity index is 1.62. The Morgan fingerprint density at radius 3 is 2.80 bits per heavy atom. The Morgan fingerprint density at radius 2 is 1.92 bits per heavy atom. The number of nitrogens with zero attached hydrogens (tertiary/aromatic N) is 4. The van der Waals surface area contributed by atoms with E-state index in [0.29, 0.717) is 0 Å². The van der Waals surface area contributed by atoms with E-state index < -0.39 is 6.35 Å². The number of anilines is 1. The summed E-state index contributed by atoms with van der Waals surface area (Å²) in [5, 5.41) is 7.84. The van der Waals surface area contributed by atoms with Gasteiger partial charge in [0.15, 0.2) is 5.65 Å². The molecule has 3 aromatic heterocycles. The third kappa shape index (κ3) is 2.29. The number of hydrogen-bond acceptors (Lipinski definition) is 6. The molecule has 4 heterocycles. The molecule has 3 N–H and O–H groups in total. The van der Waals surface area contributed by atoms with Crippen LogP contribution in [0.2, 0.25) is 0 Å². The van der Waals surface area contributed by atoms with Crippen LogP contribution >= 0.6 is 0 Å². The molecule has 0 radical (unpaired) electrons. The number of rotatable bonds is 2. The molecule has 0 saturated heterocycles. The molecule has 7 nitrogen and oxygen atoms in total. The number of nitrogens with one attached hydrogen (secondary N) is 1. The molecule has 0 aliphatic carbocycles. The number of nitrogens with two attached hydrogens (primary N) is 1. The van der Waals surface area contributed by atoms with E-state index in [1.807, 2.05) is 53.2 Å². The average Bonchev–Trinajstić information content (AvgIpc) is 3.23. The lowest BCUT2D eigenvalue weighted by atomic mass is 10.1. The maximum atomic E-state index is 5.75. The van der Waals surface area contributed by atoms with Gasteiger partial charge in [0.25, 0.3) is 0 Å². The lowest BCUT2D eigenvalue weighted by molar-refractivity contribution is 0.262. The summed E-state index contributed by atoms with van der Waals surface area (Å²) in [6, 6.07) is 13.6. The van der Waals surface area contributed by atoms with Crippen LogP contribution in [0.25, 0.3) is 28.2 Å². The van der Waals surface area contributed by atoms with Gasteiger partial charge in [0.1, 0.15) is 5.75 Å². The van der Waals surface area contributed by atoms with E-state index in [9.17, 15) is 0 Å². The summed E-state index contributed by atoms with van der Waals surface area (Å²) >= 11 is 0. The van der Waals surface area contributed by atoms with Crippen LogP contribution in [0.4, 0.5) is 5.69 Å². The highest BCUT2D eigenvalue weighted by molar-refractivity contribution is 5.72. The van der Waals surface area contributed by atoms with Gasteiger partial charge >= 0.3 is 0 Å². The van der Waals surface area contributed by atoms with Crippen molar-refractivity contribution < 1.29 is 4.74 Å². The van der Waals surface area contributed by atoms with Gasteiger partial charge in [-0.3, -0.25) is 10.7 Å². The van der Waals surface area contributed by atoms with E-state index in [1.165, 1.54) is 0 Å². The normalized spacial score (nSPS) is 15.6. The minimum absolute atomic E-state index is 0.507. The van der Waals surface area contributed by atoms with Crippen LogP contribution in [0.5, 0.6) is 5.75 Å². The molecule has 0 bridgehead atoms. The molecule has 4 aromatic rings. The Morgan fingerprint density at radius 1 is 1.04 bits per heavy atom. The van der Waals surface area contributed by atoms with Crippen molar-refractivity contribution in [1.82, 2.24) is 19.6 Å². The zero-order valence-corrected chi connectivity index (χ0v) is 13.1. The monoisotopic (exact) mass is 330 g/mol. The van der Waals surface area contributed by atoms with E-state index in [1.54, 1.807) is 12.4 Å². The Labute approximate surface area is 143 Å². The summed E-state index contributed by atoms with van der Waals surface area (Å²) in [5.74, 6) is 0.748. The molecule has 1 atom stereocenters. The molecule has 7 heteroatoms. The highest BCUT2D eigenvalue weighted by Gasteiger charge is 2.19. The van der Waals surface area contributed by atoms with E-state index in [0.717, 1.165) is 39.6 Å². The first-order valence-corrected chi connectivity index (χ1v) is 7.86. The maximum absolute atomic E-state index is 5.75. The highest BCUT2D eigenvalue weighted by Crippen LogP contribution is 2.34. The molecule has 0 amide bonds. The van der Waals surface area contributed by atoms with Gasteiger partial charge in [0.05, 0.1) is 23.3 Å². The van der Waals surface area contributed by atoms with Crippen molar-refractivity contribution in [2.75, 3.05) is 5.32 Å². The Bertz CT molecular complexity index is 1080. The molecule has 1 aliphatic rings. The van der Waals surface area contributed by atoms with Crippen molar-refractivity contribution in [3.63, 3.8) is 0 Å². The van der Waals surface area contributed by atoms with Gasteiger partial charge in [-0.15, -0.1) is 0 Å². The van der Waals surface area contributed by atoms with E-state index >= 15 is 0 Å². The van der Waals surface area contributed by atoms with Crippen molar-refractivity contribution in [2.24, 2.45) is 5.73 Å². The molecule has 1 aromatic carbocycles. The molecular formula is C18H14N6O. The standard InChI is InChI=1S/C18H14N6O/c19-18-22-14-9-12(1-3-16(14)25-18)13-2-4-17-21-10-15(24(17)23-13)11-5-7-20-8-6-11/h1-10,18,22H,19H2. The number of benzene rings is 1. The van der Waals surface area contributed by atoms with E-state index in [4.69, 9.17) is 15.6 Å². The topological polar surface area (TPSA) is 90.4 Å². The number of ether oxygens (including phenoxy) is 1. The van der Waals surface area contributed by atoms with Crippen LogP contribution in [0.15, 0.2) is 61.1 Å². The summed E-state index contributed by atoms with van der Waals surface area (Å²) in [6.07, 6.45) is 4.83. The van der Waals surface area contributed by atoms with Gasteiger partial charge in [-0.1, -0.05) is 0 Å². The fourth-order valence-corrected chi connectivity index (χ4v) is 2.97. The predicted octanol–water partition coefficient (Wildman–Crippen LogP) is 2.50. The van der Waals surface area contributed by atoms with Gasteiger partial charge < -0.3 is 10.1 Å². The number of imidazole rings is 1. The second-order valence-electron chi connectivity index (χ2n) is 5.76. The van der Waals surface area contributed by atoms with Gasteiger partial charge in [0.2, 0.25) is 6.35 Å². The van der Waals surface area contributed by atoms with Crippen molar-refractivity contribution in [1.29, 1.82) is 0 Å². The lowest BCUT2D eigenvalue weighted by Crippen LogP contribution is -2.30. The summed E-state index contributed by atoms with van der Waals surface area (Å²) in [4.78, 5) is 8.49. The fourth-order valence-electron chi connectivity index (χ4n) is 2.97. The number of aromatic nitrogens is 4. The van der Waals surface area contributed by atoms with Crippen molar-refractivity contribution in [3.8, 4) is 28.3 Å². The minimum atomic E-state index is -0.507. The van der Waals surface area contributed by atoms with Gasteiger partial charge in [-0.05, 0) is 42.5 Å². The first kappa shape index (κ1) is 13.9. The van der Waals surface area contributed by atoms with Crippen LogP contribution in [-0.2, 0) is 0 Å². The molecule has 0 saturated carbocycles. The molecule has 1 unspecified atom stereocenters. The third-order valence-corrected chi connectivity index (χ3v) is 4.17. The van der Waals surface area contributed by atoms with Crippen LogP contribution in [0.3, 0.4) is 0 Å². The highest BCUT2D eigenvalue weighted by atomic mass is 16.5. The zero-order valence-electron chi connectivity index (χ0n) is 13.1. The molecule has 0 fully saturated rings. The summed E-state index contributed by atoms with van der Waals surface area (Å²) in [5.41, 5.74) is 11.2. The predicted molar refractivity (Wildman–Crippen MR) is 93.9 cm³/mol. The smallest absolute Gasteiger partial charge is 0.225 e. The van der Waals surface area contributed by atoms with Crippen LogP contribution in [0.1, 0.15) is 0 Å². The summed E-state index contributed by atoms with van der Waals surface area (Å²) in [6.45, 7) is 0. The first-order chi connectivity index (χ1) is 12.3. The molecule has 122 valence electrons. The fraction of sp³-hybridized carbons (Fsp3) is 0.0556. The molecule has 25 heavy (non-hydrogen) atoms. The van der Waals surface area contributed by atoms with Crippen LogP contribution in [0, 0.1) is 0 Å². The number of hydrogen-bond donors (Lipinski definition) is 2. The lowest BCUT2D eigenvalue weighted by Gasteiger charge is -2.06. The summed E-state index contributed by atoms with van der Waals surface area (Å²) < 4.78 is 7.30. The average molecular weight is 330 g/mol. The van der Waals surface area contributed by atoms with Crippen LogP contribution < -0.4 is 15.8 Å². The first-order valence-electron chi connectivity index (χ1n) is 7.86. The Kier molecular flexibility index (Phi) is 2.95. The summed E-state index contributed by atoms with van der Waals surface area (Å²) in [7, 11) is 0. The minimum Gasteiger partial charge on any atom is -0.456 e. The SMILES string of the molecule is NC1Nc2cc(-c3ccc4ncc(-c5ccncc5)n4n3)ccc2O1. The van der Waals surface area contributed by atoms with Gasteiger partial charge in [-0.2, -0.15) is 5.10 Å². The molecule has 1 aliphatic heterocycles. The maximum Gasteiger partial charge on any atom is 0.225 e.